The highest BCUT2D eigenvalue weighted by Crippen LogP contribution is 2.34. The van der Waals surface area contributed by atoms with Crippen LogP contribution in [0.1, 0.15) is 28.9 Å². The van der Waals surface area contributed by atoms with E-state index in [4.69, 9.17) is 11.6 Å². The summed E-state index contributed by atoms with van der Waals surface area (Å²) < 4.78 is 41.2. The molecule has 0 aliphatic carbocycles. The van der Waals surface area contributed by atoms with Crippen LogP contribution in [0.2, 0.25) is 5.02 Å². The number of amides is 1. The molecule has 0 radical (unpaired) electrons. The molecule has 1 saturated heterocycles. The Kier molecular flexibility index (Phi) is 5.77. The average Bonchev–Trinajstić information content (AvgIpc) is 3.20. The Hall–Kier alpha value is -2.84. The van der Waals surface area contributed by atoms with Gasteiger partial charge in [0.2, 0.25) is 0 Å². The number of aliphatic hydroxyl groups is 1. The van der Waals surface area contributed by atoms with E-state index < -0.39 is 11.9 Å². The fourth-order valence-electron chi connectivity index (χ4n) is 3.57. The second kappa shape index (κ2) is 8.36. The van der Waals surface area contributed by atoms with Gasteiger partial charge in [-0.05, 0) is 43.2 Å². The molecule has 1 amide bonds. The number of piperidine rings is 1. The number of carbonyl (C=O) groups is 1. The lowest BCUT2D eigenvalue weighted by atomic mass is 10.0. The molecule has 1 aliphatic rings. The first-order chi connectivity index (χ1) is 14.7. The van der Waals surface area contributed by atoms with Crippen molar-refractivity contribution in [3.63, 3.8) is 0 Å². The van der Waals surface area contributed by atoms with Crippen molar-refractivity contribution in [3.05, 3.63) is 70.9 Å². The van der Waals surface area contributed by atoms with E-state index in [2.05, 4.69) is 5.10 Å². The molecule has 1 aromatic heterocycles. The topological polar surface area (TPSA) is 58.4 Å². The summed E-state index contributed by atoms with van der Waals surface area (Å²) in [6, 6.07) is 13.8. The van der Waals surface area contributed by atoms with Crippen LogP contribution in [-0.4, -0.2) is 44.9 Å². The molecular weight excluding hydrogens is 431 g/mol. The largest absolute Gasteiger partial charge is 0.435 e. The maximum Gasteiger partial charge on any atom is 0.435 e. The Labute approximate surface area is 181 Å². The van der Waals surface area contributed by atoms with Gasteiger partial charge < -0.3 is 10.0 Å². The molecule has 4 rings (SSSR count). The maximum absolute atomic E-state index is 13.3. The van der Waals surface area contributed by atoms with Gasteiger partial charge in [0.05, 0.1) is 22.5 Å². The number of aromatic nitrogens is 2. The molecule has 1 N–H and O–H groups in total. The average molecular weight is 450 g/mol. The van der Waals surface area contributed by atoms with Crippen LogP contribution in [0, 0.1) is 0 Å². The Balaban J connectivity index is 1.68. The SMILES string of the molecule is O=C(c1ccc(-c2cc(C(F)(F)F)nn2-c2ccccc2Cl)cc1)N1CCC(O)CC1. The Morgan fingerprint density at radius 1 is 1.06 bits per heavy atom. The summed E-state index contributed by atoms with van der Waals surface area (Å²) in [7, 11) is 0. The molecule has 31 heavy (non-hydrogen) atoms. The number of carbonyl (C=O) groups excluding carboxylic acids is 1. The molecule has 3 aromatic rings. The lowest BCUT2D eigenvalue weighted by molar-refractivity contribution is -0.141. The van der Waals surface area contributed by atoms with Gasteiger partial charge in [-0.15, -0.1) is 0 Å². The number of nitrogens with zero attached hydrogens (tertiary/aromatic N) is 3. The predicted molar refractivity (Wildman–Crippen MR) is 110 cm³/mol. The van der Waals surface area contributed by atoms with Crippen LogP contribution < -0.4 is 0 Å². The molecule has 0 unspecified atom stereocenters. The van der Waals surface area contributed by atoms with E-state index in [1.54, 1.807) is 53.4 Å². The minimum Gasteiger partial charge on any atom is -0.393 e. The second-order valence-corrected chi connectivity index (χ2v) is 7.78. The molecule has 0 saturated carbocycles. The zero-order valence-corrected chi connectivity index (χ0v) is 17.1. The lowest BCUT2D eigenvalue weighted by Gasteiger charge is -2.29. The quantitative estimate of drug-likeness (QED) is 0.624. The van der Waals surface area contributed by atoms with E-state index in [-0.39, 0.29) is 22.7 Å². The fourth-order valence-corrected chi connectivity index (χ4v) is 3.78. The number of para-hydroxylation sites is 1. The fraction of sp³-hybridized carbons (Fsp3) is 0.273. The Morgan fingerprint density at radius 2 is 1.71 bits per heavy atom. The first-order valence-corrected chi connectivity index (χ1v) is 10.1. The third-order valence-electron chi connectivity index (χ3n) is 5.26. The summed E-state index contributed by atoms with van der Waals surface area (Å²) in [6.07, 6.45) is -3.95. The summed E-state index contributed by atoms with van der Waals surface area (Å²) in [5.74, 6) is -0.172. The molecule has 2 heterocycles. The van der Waals surface area contributed by atoms with E-state index in [0.717, 1.165) is 10.7 Å². The van der Waals surface area contributed by atoms with Gasteiger partial charge in [-0.1, -0.05) is 35.9 Å². The number of hydrogen-bond acceptors (Lipinski definition) is 3. The van der Waals surface area contributed by atoms with Crippen LogP contribution in [0.3, 0.4) is 0 Å². The molecule has 0 bridgehead atoms. The molecular formula is C22H19ClF3N3O2. The monoisotopic (exact) mass is 449 g/mol. The highest BCUT2D eigenvalue weighted by molar-refractivity contribution is 6.32. The zero-order chi connectivity index (χ0) is 22.2. The van der Waals surface area contributed by atoms with Crippen LogP contribution in [0.5, 0.6) is 0 Å². The molecule has 162 valence electrons. The van der Waals surface area contributed by atoms with Crippen LogP contribution in [-0.2, 0) is 6.18 Å². The van der Waals surface area contributed by atoms with Gasteiger partial charge in [0.15, 0.2) is 5.69 Å². The predicted octanol–water partition coefficient (Wildman–Crippen LogP) is 4.81. The summed E-state index contributed by atoms with van der Waals surface area (Å²) >= 11 is 6.19. The number of halogens is 4. The van der Waals surface area contributed by atoms with Gasteiger partial charge >= 0.3 is 6.18 Å². The summed E-state index contributed by atoms with van der Waals surface area (Å²) in [4.78, 5) is 14.3. The second-order valence-electron chi connectivity index (χ2n) is 7.38. The maximum atomic E-state index is 13.3. The summed E-state index contributed by atoms with van der Waals surface area (Å²) in [6.45, 7) is 0.936. The normalized spacial score (nSPS) is 15.3. The summed E-state index contributed by atoms with van der Waals surface area (Å²) in [5, 5.41) is 13.6. The Morgan fingerprint density at radius 3 is 2.32 bits per heavy atom. The van der Waals surface area contributed by atoms with E-state index in [0.29, 0.717) is 42.7 Å². The standard InChI is InChI=1S/C22H19ClF3N3O2/c23-17-3-1-2-4-18(17)29-19(13-20(27-29)22(24,25)26)14-5-7-15(8-6-14)21(31)28-11-9-16(30)10-12-28/h1-8,13,16,30H,9-12H2. The third kappa shape index (κ3) is 4.45. The molecule has 2 aromatic carbocycles. The number of hydrogen-bond donors (Lipinski definition) is 1. The van der Waals surface area contributed by atoms with Crippen molar-refractivity contribution in [2.75, 3.05) is 13.1 Å². The van der Waals surface area contributed by atoms with Crippen molar-refractivity contribution in [2.45, 2.75) is 25.1 Å². The third-order valence-corrected chi connectivity index (χ3v) is 5.58. The van der Waals surface area contributed by atoms with E-state index in [9.17, 15) is 23.1 Å². The highest BCUT2D eigenvalue weighted by atomic mass is 35.5. The van der Waals surface area contributed by atoms with Gasteiger partial charge in [-0.25, -0.2) is 4.68 Å². The minimum atomic E-state index is -4.62. The first-order valence-electron chi connectivity index (χ1n) is 9.74. The van der Waals surface area contributed by atoms with Gasteiger partial charge in [0.1, 0.15) is 0 Å². The number of alkyl halides is 3. The van der Waals surface area contributed by atoms with Crippen molar-refractivity contribution in [1.82, 2.24) is 14.7 Å². The van der Waals surface area contributed by atoms with Gasteiger partial charge in [0, 0.05) is 24.2 Å². The number of rotatable bonds is 3. The van der Waals surface area contributed by atoms with Crippen LogP contribution in [0.25, 0.3) is 16.9 Å². The molecule has 5 nitrogen and oxygen atoms in total. The number of likely N-dealkylation sites (tertiary alicyclic amines) is 1. The first kappa shape index (κ1) is 21.4. The van der Waals surface area contributed by atoms with Crippen molar-refractivity contribution in [2.24, 2.45) is 0 Å². The van der Waals surface area contributed by atoms with E-state index in [1.807, 2.05) is 0 Å². The van der Waals surface area contributed by atoms with Gasteiger partial charge in [0.25, 0.3) is 5.91 Å². The van der Waals surface area contributed by atoms with Crippen molar-refractivity contribution >= 4 is 17.5 Å². The highest BCUT2D eigenvalue weighted by Gasteiger charge is 2.35. The van der Waals surface area contributed by atoms with E-state index >= 15 is 0 Å². The van der Waals surface area contributed by atoms with Crippen molar-refractivity contribution in [3.8, 4) is 16.9 Å². The van der Waals surface area contributed by atoms with Gasteiger partial charge in [-0.3, -0.25) is 4.79 Å². The summed E-state index contributed by atoms with van der Waals surface area (Å²) in [5.41, 5.74) is 0.394. The Bertz CT molecular complexity index is 1090. The number of aliphatic hydroxyl groups excluding tert-OH is 1. The molecule has 0 atom stereocenters. The van der Waals surface area contributed by atoms with Crippen molar-refractivity contribution < 1.29 is 23.1 Å². The lowest BCUT2D eigenvalue weighted by Crippen LogP contribution is -2.40. The molecule has 9 heteroatoms. The van der Waals surface area contributed by atoms with Crippen LogP contribution in [0.4, 0.5) is 13.2 Å². The smallest absolute Gasteiger partial charge is 0.393 e. The minimum absolute atomic E-state index is 0.172. The molecule has 1 aliphatic heterocycles. The van der Waals surface area contributed by atoms with Crippen LogP contribution in [0.15, 0.2) is 54.6 Å². The number of benzene rings is 2. The van der Waals surface area contributed by atoms with E-state index in [1.165, 1.54) is 0 Å². The molecule has 0 spiro atoms. The van der Waals surface area contributed by atoms with Crippen molar-refractivity contribution in [1.29, 1.82) is 0 Å². The van der Waals surface area contributed by atoms with Crippen LogP contribution >= 0.6 is 11.6 Å². The molecule has 1 fully saturated rings. The zero-order valence-electron chi connectivity index (χ0n) is 16.3. The van der Waals surface area contributed by atoms with Gasteiger partial charge in [-0.2, -0.15) is 18.3 Å².